The lowest BCUT2D eigenvalue weighted by Crippen LogP contribution is -2.18. The van der Waals surface area contributed by atoms with Crippen molar-refractivity contribution in [2.24, 2.45) is 5.41 Å². The lowest BCUT2D eigenvalue weighted by molar-refractivity contribution is 0.377. The van der Waals surface area contributed by atoms with Crippen molar-refractivity contribution in [3.63, 3.8) is 0 Å². The Bertz CT molecular complexity index is 287. The second kappa shape index (κ2) is 3.79. The van der Waals surface area contributed by atoms with E-state index >= 15 is 0 Å². The van der Waals surface area contributed by atoms with Gasteiger partial charge in [0.05, 0.1) is 6.07 Å². The zero-order chi connectivity index (χ0) is 9.90. The van der Waals surface area contributed by atoms with Gasteiger partial charge in [0.15, 0.2) is 0 Å². The van der Waals surface area contributed by atoms with E-state index in [-0.39, 0.29) is 5.41 Å². The number of rotatable bonds is 1. The molecule has 0 fully saturated rings. The first-order chi connectivity index (χ1) is 6.08. The lowest BCUT2D eigenvalue weighted by atomic mass is 9.73. The molecule has 0 aromatic rings. The molecule has 1 heteroatoms. The first-order valence-electron chi connectivity index (χ1n) is 4.84. The maximum Gasteiger partial charge on any atom is 0.0912 e. The van der Waals surface area contributed by atoms with Gasteiger partial charge in [-0.3, -0.25) is 0 Å². The van der Waals surface area contributed by atoms with Crippen LogP contribution >= 0.6 is 0 Å². The molecule has 0 unspecified atom stereocenters. The SMILES string of the molecule is CC1=C(/C=C/C#N)C(C)(C)CCC1. The molecule has 0 atom stereocenters. The quantitative estimate of drug-likeness (QED) is 0.559. The summed E-state index contributed by atoms with van der Waals surface area (Å²) < 4.78 is 0. The monoisotopic (exact) mass is 175 g/mol. The molecule has 1 nitrogen and oxygen atoms in total. The van der Waals surface area contributed by atoms with Crippen LogP contribution in [0.25, 0.3) is 0 Å². The van der Waals surface area contributed by atoms with Gasteiger partial charge in [0, 0.05) is 6.08 Å². The second-order valence-corrected chi connectivity index (χ2v) is 4.39. The highest BCUT2D eigenvalue weighted by Gasteiger charge is 2.26. The highest BCUT2D eigenvalue weighted by molar-refractivity contribution is 5.34. The Morgan fingerprint density at radius 3 is 2.69 bits per heavy atom. The van der Waals surface area contributed by atoms with E-state index in [1.807, 2.05) is 6.08 Å². The van der Waals surface area contributed by atoms with Gasteiger partial charge in [-0.25, -0.2) is 0 Å². The number of nitrogens with zero attached hydrogens (tertiary/aromatic N) is 1. The van der Waals surface area contributed by atoms with Crippen LogP contribution in [-0.4, -0.2) is 0 Å². The van der Waals surface area contributed by atoms with Crippen molar-refractivity contribution in [2.75, 3.05) is 0 Å². The first-order valence-corrected chi connectivity index (χ1v) is 4.84. The Hall–Kier alpha value is -1.03. The zero-order valence-electron chi connectivity index (χ0n) is 8.72. The van der Waals surface area contributed by atoms with Gasteiger partial charge in [-0.1, -0.05) is 19.4 Å². The average molecular weight is 175 g/mol. The molecule has 0 saturated heterocycles. The molecule has 0 N–H and O–H groups in total. The number of hydrogen-bond donors (Lipinski definition) is 0. The van der Waals surface area contributed by atoms with Crippen LogP contribution in [-0.2, 0) is 0 Å². The van der Waals surface area contributed by atoms with E-state index < -0.39 is 0 Å². The second-order valence-electron chi connectivity index (χ2n) is 4.39. The minimum atomic E-state index is 0.260. The van der Waals surface area contributed by atoms with E-state index in [2.05, 4.69) is 26.8 Å². The van der Waals surface area contributed by atoms with Gasteiger partial charge in [0.25, 0.3) is 0 Å². The van der Waals surface area contributed by atoms with Crippen molar-refractivity contribution in [3.8, 4) is 6.07 Å². The molecule has 0 spiro atoms. The molecule has 0 aromatic heterocycles. The highest BCUT2D eigenvalue weighted by Crippen LogP contribution is 2.40. The van der Waals surface area contributed by atoms with Crippen molar-refractivity contribution >= 4 is 0 Å². The molecule has 0 bridgehead atoms. The fraction of sp³-hybridized carbons (Fsp3) is 0.583. The van der Waals surface area contributed by atoms with Gasteiger partial charge in [-0.2, -0.15) is 5.26 Å². The van der Waals surface area contributed by atoms with Gasteiger partial charge >= 0.3 is 0 Å². The smallest absolute Gasteiger partial charge is 0.0912 e. The van der Waals surface area contributed by atoms with Crippen LogP contribution in [0, 0.1) is 16.7 Å². The van der Waals surface area contributed by atoms with E-state index in [0.29, 0.717) is 0 Å². The molecular weight excluding hydrogens is 158 g/mol. The molecule has 0 aromatic carbocycles. The molecule has 1 aliphatic rings. The molecule has 0 amide bonds. The third-order valence-corrected chi connectivity index (χ3v) is 2.87. The van der Waals surface area contributed by atoms with E-state index in [9.17, 15) is 0 Å². The molecule has 1 aliphatic carbocycles. The van der Waals surface area contributed by atoms with E-state index in [4.69, 9.17) is 5.26 Å². The Morgan fingerprint density at radius 1 is 1.46 bits per heavy atom. The summed E-state index contributed by atoms with van der Waals surface area (Å²) in [5, 5.41) is 8.49. The maximum absolute atomic E-state index is 8.49. The van der Waals surface area contributed by atoms with E-state index in [1.165, 1.54) is 30.4 Å². The van der Waals surface area contributed by atoms with Gasteiger partial charge in [-0.05, 0) is 43.3 Å². The third-order valence-electron chi connectivity index (χ3n) is 2.87. The Morgan fingerprint density at radius 2 is 2.15 bits per heavy atom. The van der Waals surface area contributed by atoms with Gasteiger partial charge in [0.1, 0.15) is 0 Å². The predicted octanol–water partition coefficient (Wildman–Crippen LogP) is 3.59. The van der Waals surface area contributed by atoms with Crippen molar-refractivity contribution in [1.29, 1.82) is 5.26 Å². The fourth-order valence-electron chi connectivity index (χ4n) is 2.13. The number of allylic oxidation sites excluding steroid dienone is 4. The summed E-state index contributed by atoms with van der Waals surface area (Å²) in [7, 11) is 0. The van der Waals surface area contributed by atoms with Crippen LogP contribution in [0.4, 0.5) is 0 Å². The number of hydrogen-bond acceptors (Lipinski definition) is 1. The summed E-state index contributed by atoms with van der Waals surface area (Å²) in [6.45, 7) is 6.69. The summed E-state index contributed by atoms with van der Waals surface area (Å²) in [4.78, 5) is 0. The van der Waals surface area contributed by atoms with Crippen molar-refractivity contribution < 1.29 is 0 Å². The Kier molecular flexibility index (Phi) is 2.93. The standard InChI is InChI=1S/C12H17N/c1-10-6-4-8-12(2,3)11(10)7-5-9-13/h5,7H,4,6,8H2,1-3H3/b7-5+. The van der Waals surface area contributed by atoms with Crippen molar-refractivity contribution in [3.05, 3.63) is 23.3 Å². The third kappa shape index (κ3) is 2.21. The van der Waals surface area contributed by atoms with E-state index in [1.54, 1.807) is 6.08 Å². The molecule has 13 heavy (non-hydrogen) atoms. The molecule has 0 aliphatic heterocycles. The normalized spacial score (nSPS) is 22.0. The lowest BCUT2D eigenvalue weighted by Gasteiger charge is -2.32. The van der Waals surface area contributed by atoms with E-state index in [0.717, 1.165) is 0 Å². The minimum absolute atomic E-state index is 0.260. The summed E-state index contributed by atoms with van der Waals surface area (Å²) >= 11 is 0. The summed E-state index contributed by atoms with van der Waals surface area (Å²) in [6.07, 6.45) is 7.27. The fourth-order valence-corrected chi connectivity index (χ4v) is 2.13. The molecule has 0 radical (unpaired) electrons. The largest absolute Gasteiger partial charge is 0.193 e. The molecular formula is C12H17N. The van der Waals surface area contributed by atoms with Crippen LogP contribution in [0.3, 0.4) is 0 Å². The highest BCUT2D eigenvalue weighted by atomic mass is 14.3. The Labute approximate surface area is 80.8 Å². The summed E-state index contributed by atoms with van der Waals surface area (Å²) in [5.74, 6) is 0. The van der Waals surface area contributed by atoms with Crippen LogP contribution < -0.4 is 0 Å². The predicted molar refractivity (Wildman–Crippen MR) is 55.1 cm³/mol. The molecule has 0 saturated carbocycles. The average Bonchev–Trinajstić information content (AvgIpc) is 2.02. The van der Waals surface area contributed by atoms with Gasteiger partial charge in [-0.15, -0.1) is 0 Å². The minimum Gasteiger partial charge on any atom is -0.193 e. The van der Waals surface area contributed by atoms with Crippen LogP contribution in [0.5, 0.6) is 0 Å². The molecule has 1 rings (SSSR count). The van der Waals surface area contributed by atoms with Crippen LogP contribution in [0.1, 0.15) is 40.0 Å². The molecule has 70 valence electrons. The molecule has 0 heterocycles. The van der Waals surface area contributed by atoms with Crippen molar-refractivity contribution in [1.82, 2.24) is 0 Å². The Balaban J connectivity index is 3.00. The van der Waals surface area contributed by atoms with Crippen molar-refractivity contribution in [2.45, 2.75) is 40.0 Å². The van der Waals surface area contributed by atoms with Gasteiger partial charge in [0.2, 0.25) is 0 Å². The number of nitriles is 1. The van der Waals surface area contributed by atoms with Crippen LogP contribution in [0.2, 0.25) is 0 Å². The summed E-state index contributed by atoms with van der Waals surface area (Å²) in [5.41, 5.74) is 3.07. The summed E-state index contributed by atoms with van der Waals surface area (Å²) in [6, 6.07) is 2.06. The van der Waals surface area contributed by atoms with Gasteiger partial charge < -0.3 is 0 Å². The zero-order valence-corrected chi connectivity index (χ0v) is 8.72. The topological polar surface area (TPSA) is 23.8 Å². The van der Waals surface area contributed by atoms with Crippen LogP contribution in [0.15, 0.2) is 23.3 Å². The first kappa shape index (κ1) is 10.1. The maximum atomic E-state index is 8.49.